The Labute approximate surface area is 135 Å². The number of hydrogen-bond donors (Lipinski definition) is 1. The molecule has 0 radical (unpaired) electrons. The normalized spacial score (nSPS) is 11.6. The molecule has 1 N–H and O–H groups in total. The minimum absolute atomic E-state index is 0.123. The largest absolute Gasteiger partial charge is 0.497 e. The Morgan fingerprint density at radius 3 is 2.30 bits per heavy atom. The van der Waals surface area contributed by atoms with Crippen molar-refractivity contribution in [1.82, 2.24) is 5.32 Å². The first-order valence-electron chi connectivity index (χ1n) is 7.37. The lowest BCUT2D eigenvalue weighted by molar-refractivity contribution is -0.121. The van der Waals surface area contributed by atoms with Crippen molar-refractivity contribution in [3.05, 3.63) is 59.9 Å². The molecule has 0 saturated heterocycles. The average Bonchev–Trinajstić information content (AvgIpc) is 2.55. The van der Waals surface area contributed by atoms with Crippen LogP contribution in [-0.4, -0.2) is 25.7 Å². The number of halogens is 1. The standard InChI is InChI=1S/C18H20FNO3/c1-13(12-23-17-9-7-16(22-2)8-10-17)20-18(21)11-14-3-5-15(19)6-4-14/h3-10,13H,11-12H2,1-2H3,(H,20,21)/t13-/m0/s1. The van der Waals surface area contributed by atoms with Crippen molar-refractivity contribution in [2.45, 2.75) is 19.4 Å². The van der Waals surface area contributed by atoms with Crippen LogP contribution in [0.2, 0.25) is 0 Å². The van der Waals surface area contributed by atoms with E-state index < -0.39 is 0 Å². The second kappa shape index (κ2) is 8.17. The maximum Gasteiger partial charge on any atom is 0.224 e. The van der Waals surface area contributed by atoms with E-state index in [0.717, 1.165) is 11.3 Å². The van der Waals surface area contributed by atoms with Crippen LogP contribution in [0.15, 0.2) is 48.5 Å². The first-order chi connectivity index (χ1) is 11.1. The lowest BCUT2D eigenvalue weighted by atomic mass is 10.1. The molecular weight excluding hydrogens is 297 g/mol. The summed E-state index contributed by atoms with van der Waals surface area (Å²) in [6, 6.07) is 13.0. The third-order valence-electron chi connectivity index (χ3n) is 3.24. The number of carbonyl (C=O) groups excluding carboxylic acids is 1. The fourth-order valence-corrected chi connectivity index (χ4v) is 2.05. The quantitative estimate of drug-likeness (QED) is 0.854. The monoisotopic (exact) mass is 317 g/mol. The van der Waals surface area contributed by atoms with Crippen LogP contribution in [0, 0.1) is 5.82 Å². The van der Waals surface area contributed by atoms with E-state index in [2.05, 4.69) is 5.32 Å². The first-order valence-corrected chi connectivity index (χ1v) is 7.37. The Kier molecular flexibility index (Phi) is 5.97. The zero-order valence-corrected chi connectivity index (χ0v) is 13.2. The topological polar surface area (TPSA) is 47.6 Å². The molecule has 2 rings (SSSR count). The van der Waals surface area contributed by atoms with Crippen LogP contribution in [0.25, 0.3) is 0 Å². The molecule has 1 amide bonds. The summed E-state index contributed by atoms with van der Waals surface area (Å²) < 4.78 is 23.5. The van der Waals surface area contributed by atoms with E-state index >= 15 is 0 Å². The second-order valence-corrected chi connectivity index (χ2v) is 5.26. The molecule has 0 aliphatic rings. The Morgan fingerprint density at radius 1 is 1.09 bits per heavy atom. The Hall–Kier alpha value is -2.56. The van der Waals surface area contributed by atoms with Crippen molar-refractivity contribution in [3.63, 3.8) is 0 Å². The van der Waals surface area contributed by atoms with Crippen LogP contribution in [0.4, 0.5) is 4.39 Å². The molecule has 0 aliphatic heterocycles. The molecule has 0 spiro atoms. The molecule has 5 heteroatoms. The van der Waals surface area contributed by atoms with Crippen molar-refractivity contribution in [1.29, 1.82) is 0 Å². The average molecular weight is 317 g/mol. The fourth-order valence-electron chi connectivity index (χ4n) is 2.05. The summed E-state index contributed by atoms with van der Waals surface area (Å²) in [5.41, 5.74) is 0.771. The number of methoxy groups -OCH3 is 1. The van der Waals surface area contributed by atoms with Gasteiger partial charge in [-0.2, -0.15) is 0 Å². The highest BCUT2D eigenvalue weighted by molar-refractivity contribution is 5.78. The van der Waals surface area contributed by atoms with Crippen LogP contribution < -0.4 is 14.8 Å². The maximum absolute atomic E-state index is 12.8. The molecule has 4 nitrogen and oxygen atoms in total. The highest BCUT2D eigenvalue weighted by atomic mass is 19.1. The van der Waals surface area contributed by atoms with E-state index in [1.165, 1.54) is 12.1 Å². The van der Waals surface area contributed by atoms with Gasteiger partial charge in [-0.1, -0.05) is 12.1 Å². The lowest BCUT2D eigenvalue weighted by Crippen LogP contribution is -2.37. The molecule has 2 aromatic carbocycles. The number of nitrogens with one attached hydrogen (secondary N) is 1. The SMILES string of the molecule is COc1ccc(OC[C@H](C)NC(=O)Cc2ccc(F)cc2)cc1. The summed E-state index contributed by atoms with van der Waals surface area (Å²) in [6.45, 7) is 2.23. The van der Waals surface area contributed by atoms with Crippen molar-refractivity contribution in [2.75, 3.05) is 13.7 Å². The number of ether oxygens (including phenoxy) is 2. The zero-order valence-electron chi connectivity index (χ0n) is 13.2. The summed E-state index contributed by atoms with van der Waals surface area (Å²) in [7, 11) is 1.61. The smallest absolute Gasteiger partial charge is 0.224 e. The van der Waals surface area contributed by atoms with Crippen LogP contribution >= 0.6 is 0 Å². The molecule has 23 heavy (non-hydrogen) atoms. The van der Waals surface area contributed by atoms with Crippen molar-refractivity contribution in [2.24, 2.45) is 0 Å². The van der Waals surface area contributed by atoms with E-state index in [4.69, 9.17) is 9.47 Å². The van der Waals surface area contributed by atoms with E-state index in [0.29, 0.717) is 12.4 Å². The number of carbonyl (C=O) groups is 1. The van der Waals surface area contributed by atoms with Crippen LogP contribution in [0.1, 0.15) is 12.5 Å². The van der Waals surface area contributed by atoms with Gasteiger partial charge in [0.05, 0.1) is 19.6 Å². The summed E-state index contributed by atoms with van der Waals surface area (Å²) in [4.78, 5) is 11.9. The van der Waals surface area contributed by atoms with Crippen molar-refractivity contribution in [3.8, 4) is 11.5 Å². The van der Waals surface area contributed by atoms with E-state index in [1.54, 1.807) is 19.2 Å². The summed E-state index contributed by atoms with van der Waals surface area (Å²) in [5.74, 6) is 1.04. The number of amides is 1. The van der Waals surface area contributed by atoms with Crippen molar-refractivity contribution >= 4 is 5.91 Å². The molecular formula is C18H20FNO3. The Bertz CT molecular complexity index is 626. The number of benzene rings is 2. The van der Waals surface area contributed by atoms with Gasteiger partial charge in [-0.25, -0.2) is 4.39 Å². The van der Waals surface area contributed by atoms with E-state index in [9.17, 15) is 9.18 Å². The predicted molar refractivity (Wildman–Crippen MR) is 86.2 cm³/mol. The highest BCUT2D eigenvalue weighted by Crippen LogP contribution is 2.17. The number of hydrogen-bond acceptors (Lipinski definition) is 3. The highest BCUT2D eigenvalue weighted by Gasteiger charge is 2.09. The molecule has 0 saturated carbocycles. The maximum atomic E-state index is 12.8. The van der Waals surface area contributed by atoms with Crippen LogP contribution in [0.5, 0.6) is 11.5 Å². The third kappa shape index (κ3) is 5.62. The summed E-state index contributed by atoms with van der Waals surface area (Å²) in [5, 5.41) is 2.85. The van der Waals surface area contributed by atoms with E-state index in [-0.39, 0.29) is 24.2 Å². The molecule has 0 unspecified atom stereocenters. The Balaban J connectivity index is 1.75. The molecule has 1 atom stereocenters. The van der Waals surface area contributed by atoms with Gasteiger partial charge in [0.25, 0.3) is 0 Å². The van der Waals surface area contributed by atoms with Gasteiger partial charge >= 0.3 is 0 Å². The minimum atomic E-state index is -0.310. The zero-order chi connectivity index (χ0) is 16.7. The van der Waals surface area contributed by atoms with Crippen LogP contribution in [0.3, 0.4) is 0 Å². The molecule has 0 bridgehead atoms. The van der Waals surface area contributed by atoms with Gasteiger partial charge in [-0.3, -0.25) is 4.79 Å². The van der Waals surface area contributed by atoms with Gasteiger partial charge in [0, 0.05) is 0 Å². The fraction of sp³-hybridized carbons (Fsp3) is 0.278. The molecule has 0 aliphatic carbocycles. The minimum Gasteiger partial charge on any atom is -0.497 e. The van der Waals surface area contributed by atoms with Gasteiger partial charge in [0.2, 0.25) is 5.91 Å². The predicted octanol–water partition coefficient (Wildman–Crippen LogP) is 2.96. The van der Waals surface area contributed by atoms with Gasteiger partial charge in [-0.05, 0) is 48.9 Å². The molecule has 122 valence electrons. The molecule has 2 aromatic rings. The van der Waals surface area contributed by atoms with Crippen LogP contribution in [-0.2, 0) is 11.2 Å². The molecule has 0 aromatic heterocycles. The summed E-state index contributed by atoms with van der Waals surface area (Å²) in [6.07, 6.45) is 0.215. The third-order valence-corrected chi connectivity index (χ3v) is 3.24. The first kappa shape index (κ1) is 16.8. The van der Waals surface area contributed by atoms with E-state index in [1.807, 2.05) is 31.2 Å². The Morgan fingerprint density at radius 2 is 1.70 bits per heavy atom. The van der Waals surface area contributed by atoms with Gasteiger partial charge in [-0.15, -0.1) is 0 Å². The molecule has 0 heterocycles. The van der Waals surface area contributed by atoms with Gasteiger partial charge < -0.3 is 14.8 Å². The van der Waals surface area contributed by atoms with Gasteiger partial charge in [0.15, 0.2) is 0 Å². The van der Waals surface area contributed by atoms with Crippen molar-refractivity contribution < 1.29 is 18.7 Å². The second-order valence-electron chi connectivity index (χ2n) is 5.26. The number of rotatable bonds is 7. The van der Waals surface area contributed by atoms with Gasteiger partial charge in [0.1, 0.15) is 23.9 Å². The summed E-state index contributed by atoms with van der Waals surface area (Å²) >= 11 is 0. The molecule has 0 fully saturated rings. The lowest BCUT2D eigenvalue weighted by Gasteiger charge is -2.15.